The number of nitrogens with one attached hydrogen (secondary N) is 1. The fourth-order valence-electron chi connectivity index (χ4n) is 7.76. The van der Waals surface area contributed by atoms with Gasteiger partial charge in [0.2, 0.25) is 5.88 Å². The number of alkyl halides is 4. The van der Waals surface area contributed by atoms with Crippen LogP contribution in [0.5, 0.6) is 11.9 Å². The summed E-state index contributed by atoms with van der Waals surface area (Å²) in [6.07, 6.45) is -4.74. The highest BCUT2D eigenvalue weighted by atomic mass is 19.4. The van der Waals surface area contributed by atoms with Crippen LogP contribution in [0.1, 0.15) is 44.2 Å². The van der Waals surface area contributed by atoms with E-state index in [0.29, 0.717) is 26.1 Å². The molecular weight excluding hydrogens is 604 g/mol. The van der Waals surface area contributed by atoms with Gasteiger partial charge in [0.25, 0.3) is 0 Å². The van der Waals surface area contributed by atoms with Crippen molar-refractivity contribution in [3.8, 4) is 23.1 Å². The first kappa shape index (κ1) is 30.1. The molecule has 0 saturated carbocycles. The lowest BCUT2D eigenvalue weighted by Crippen LogP contribution is -2.61. The highest BCUT2D eigenvalue weighted by molar-refractivity contribution is 5.97. The Hall–Kier alpha value is -3.59. The molecule has 5 atom stereocenters. The van der Waals surface area contributed by atoms with Crippen molar-refractivity contribution in [3.05, 3.63) is 28.8 Å². The third kappa shape index (κ3) is 4.72. The molecule has 2 aromatic heterocycles. The van der Waals surface area contributed by atoms with Gasteiger partial charge >= 0.3 is 12.2 Å². The van der Waals surface area contributed by atoms with E-state index in [-0.39, 0.29) is 53.7 Å². The molecule has 242 valence electrons. The average molecular weight is 638 g/mol. The lowest BCUT2D eigenvalue weighted by Gasteiger charge is -2.42. The number of pyridine rings is 1. The molecule has 9 nitrogen and oxygen atoms in total. The van der Waals surface area contributed by atoms with Gasteiger partial charge in [0.05, 0.1) is 22.8 Å². The smallest absolute Gasteiger partial charge is 0.417 e. The van der Waals surface area contributed by atoms with E-state index in [0.717, 1.165) is 26.0 Å². The molecule has 1 unspecified atom stereocenters. The zero-order valence-corrected chi connectivity index (χ0v) is 24.9. The van der Waals surface area contributed by atoms with Gasteiger partial charge in [-0.05, 0) is 51.8 Å². The Balaban J connectivity index is 1.44. The van der Waals surface area contributed by atoms with Crippen molar-refractivity contribution in [2.24, 2.45) is 0 Å². The minimum absolute atomic E-state index is 0.0605. The van der Waals surface area contributed by atoms with E-state index in [1.54, 1.807) is 6.92 Å². The summed E-state index contributed by atoms with van der Waals surface area (Å²) in [5.74, 6) is -2.34. The van der Waals surface area contributed by atoms with E-state index in [2.05, 4.69) is 20.2 Å². The molecule has 3 fully saturated rings. The quantitative estimate of drug-likeness (QED) is 0.309. The number of piperazine rings is 1. The number of aromatic nitrogens is 3. The van der Waals surface area contributed by atoms with Gasteiger partial charge in [0.1, 0.15) is 47.1 Å². The number of nitrogens with zero attached hydrogens (tertiary/aromatic N) is 5. The maximum atomic E-state index is 16.7. The zero-order chi connectivity index (χ0) is 32.0. The second-order valence-corrected chi connectivity index (χ2v) is 12.6. The zero-order valence-electron chi connectivity index (χ0n) is 24.9. The van der Waals surface area contributed by atoms with Gasteiger partial charge in [-0.25, -0.2) is 18.2 Å². The number of nitrogen functional groups attached to an aromatic ring is 1. The first-order valence-corrected chi connectivity index (χ1v) is 15.0. The predicted molar refractivity (Wildman–Crippen MR) is 154 cm³/mol. The molecule has 3 aromatic rings. The molecule has 45 heavy (non-hydrogen) atoms. The van der Waals surface area contributed by atoms with E-state index < -0.39 is 63.7 Å². The Labute approximate surface area is 255 Å². The first-order chi connectivity index (χ1) is 21.3. The van der Waals surface area contributed by atoms with E-state index in [4.69, 9.17) is 20.2 Å². The van der Waals surface area contributed by atoms with E-state index in [1.807, 2.05) is 11.8 Å². The number of benzene rings is 1. The standard InChI is InChI=1S/C30H33F6N7O2/c1-13-20(30(34,35)36)17(9-18(37)21(13)32)23-22(33)24-19-26(43-8-6-38-14(2)25(43)15(3)45-27(19)39-23)41-28(40-24)44-12-29-5-4-7-42(29)11-16(31)10-29/h9,14-16,25,38H,4-8,10-12,37H2,1-3H3/t14-,15+,16+,25-,29?/m0/s1. The maximum Gasteiger partial charge on any atom is 0.417 e. The van der Waals surface area contributed by atoms with Crippen LogP contribution in [0.4, 0.5) is 37.8 Å². The van der Waals surface area contributed by atoms with Crippen LogP contribution in [0.15, 0.2) is 6.07 Å². The lowest BCUT2D eigenvalue weighted by molar-refractivity contribution is -0.137. The summed E-state index contributed by atoms with van der Waals surface area (Å²) >= 11 is 0. The molecule has 0 amide bonds. The molecule has 4 aliphatic heterocycles. The summed E-state index contributed by atoms with van der Waals surface area (Å²) in [6, 6.07) is 0.106. The molecule has 4 aliphatic rings. The van der Waals surface area contributed by atoms with Gasteiger partial charge in [-0.1, -0.05) is 0 Å². The molecular formula is C30H33F6N7O2. The van der Waals surface area contributed by atoms with E-state index in [9.17, 15) is 22.0 Å². The van der Waals surface area contributed by atoms with Crippen LogP contribution in [0, 0.1) is 18.6 Å². The maximum absolute atomic E-state index is 16.7. The van der Waals surface area contributed by atoms with Crippen LogP contribution < -0.4 is 25.4 Å². The van der Waals surface area contributed by atoms with E-state index in [1.165, 1.54) is 0 Å². The third-order valence-electron chi connectivity index (χ3n) is 9.75. The van der Waals surface area contributed by atoms with Crippen LogP contribution in [0.25, 0.3) is 22.2 Å². The van der Waals surface area contributed by atoms with Crippen LogP contribution >= 0.6 is 0 Å². The average Bonchev–Trinajstić information content (AvgIpc) is 3.46. The SMILES string of the molecule is Cc1c(F)c(N)cc(-c2nc3c4c(nc(OCC56CCCN5C[C@H](F)C6)nc4c2F)N2CCN[C@@H](C)[C@H]2[C@@H](C)O3)c1C(F)(F)F. The second kappa shape index (κ2) is 10.5. The van der Waals surface area contributed by atoms with Crippen molar-refractivity contribution >= 4 is 22.4 Å². The molecule has 1 aromatic carbocycles. The van der Waals surface area contributed by atoms with E-state index >= 15 is 4.39 Å². The van der Waals surface area contributed by atoms with Crippen LogP contribution in [-0.4, -0.2) is 82.5 Å². The monoisotopic (exact) mass is 637 g/mol. The number of anilines is 2. The minimum atomic E-state index is -5.06. The minimum Gasteiger partial charge on any atom is -0.472 e. The third-order valence-corrected chi connectivity index (χ3v) is 9.75. The molecule has 15 heteroatoms. The highest BCUT2D eigenvalue weighted by Gasteiger charge is 2.50. The summed E-state index contributed by atoms with van der Waals surface area (Å²) < 4.78 is 101. The topological polar surface area (TPSA) is 102 Å². The lowest BCUT2D eigenvalue weighted by atomic mass is 9.95. The molecule has 0 bridgehead atoms. The van der Waals surface area contributed by atoms with Gasteiger partial charge in [0, 0.05) is 37.7 Å². The van der Waals surface area contributed by atoms with Crippen molar-refractivity contribution in [1.82, 2.24) is 25.2 Å². The Bertz CT molecular complexity index is 1690. The van der Waals surface area contributed by atoms with Gasteiger partial charge in [-0.2, -0.15) is 23.1 Å². The van der Waals surface area contributed by atoms with Crippen molar-refractivity contribution in [2.75, 3.05) is 43.4 Å². The summed E-state index contributed by atoms with van der Waals surface area (Å²) in [5, 5.41) is 3.47. The van der Waals surface area contributed by atoms with Gasteiger partial charge < -0.3 is 25.4 Å². The summed E-state index contributed by atoms with van der Waals surface area (Å²) in [4.78, 5) is 17.3. The number of hydrogen-bond acceptors (Lipinski definition) is 9. The summed E-state index contributed by atoms with van der Waals surface area (Å²) in [6.45, 7) is 6.82. The Morgan fingerprint density at radius 3 is 2.69 bits per heavy atom. The Morgan fingerprint density at radius 2 is 1.93 bits per heavy atom. The van der Waals surface area contributed by atoms with Gasteiger partial charge in [-0.3, -0.25) is 4.90 Å². The van der Waals surface area contributed by atoms with Crippen molar-refractivity contribution in [3.63, 3.8) is 0 Å². The van der Waals surface area contributed by atoms with Crippen LogP contribution in [0.3, 0.4) is 0 Å². The number of hydrogen-bond donors (Lipinski definition) is 2. The van der Waals surface area contributed by atoms with Gasteiger partial charge in [-0.15, -0.1) is 0 Å². The predicted octanol–water partition coefficient (Wildman–Crippen LogP) is 4.78. The van der Waals surface area contributed by atoms with Crippen molar-refractivity contribution < 1.29 is 35.8 Å². The number of fused-ring (bicyclic) bond motifs is 3. The molecule has 0 aliphatic carbocycles. The molecule has 7 rings (SSSR count). The summed E-state index contributed by atoms with van der Waals surface area (Å²) in [7, 11) is 0. The molecule has 0 spiro atoms. The van der Waals surface area contributed by atoms with Crippen LogP contribution in [0.2, 0.25) is 0 Å². The van der Waals surface area contributed by atoms with Crippen molar-refractivity contribution in [1.29, 1.82) is 0 Å². The largest absolute Gasteiger partial charge is 0.472 e. The summed E-state index contributed by atoms with van der Waals surface area (Å²) in [5.41, 5.74) is 0.558. The first-order valence-electron chi connectivity index (χ1n) is 15.0. The molecule has 6 heterocycles. The fourth-order valence-corrected chi connectivity index (χ4v) is 7.76. The molecule has 0 radical (unpaired) electrons. The number of nitrogens with two attached hydrogens (primary N) is 1. The highest BCUT2D eigenvalue weighted by Crippen LogP contribution is 2.47. The molecule has 3 saturated heterocycles. The fraction of sp³-hybridized carbons (Fsp3) is 0.567. The van der Waals surface area contributed by atoms with Gasteiger partial charge in [0.15, 0.2) is 5.82 Å². The Morgan fingerprint density at radius 1 is 1.16 bits per heavy atom. The number of halogens is 6. The Kier molecular flexibility index (Phi) is 7.00. The second-order valence-electron chi connectivity index (χ2n) is 12.6. The van der Waals surface area contributed by atoms with Crippen molar-refractivity contribution in [2.45, 2.75) is 76.1 Å². The normalized spacial score (nSPS) is 28.2. The van der Waals surface area contributed by atoms with Crippen LogP contribution in [-0.2, 0) is 6.18 Å². The molecule has 3 N–H and O–H groups in total. The number of ether oxygens (including phenoxy) is 2. The number of rotatable bonds is 4.